The summed E-state index contributed by atoms with van der Waals surface area (Å²) in [6, 6.07) is 9.42. The van der Waals surface area contributed by atoms with E-state index >= 15 is 0 Å². The molecule has 1 atom stereocenters. The molecule has 2 aromatic rings. The number of rotatable bonds is 8. The van der Waals surface area contributed by atoms with Crippen molar-refractivity contribution in [3.8, 4) is 0 Å². The van der Waals surface area contributed by atoms with Gasteiger partial charge in [0.1, 0.15) is 17.5 Å². The fourth-order valence-electron chi connectivity index (χ4n) is 3.48. The number of benzene rings is 1. The Balaban J connectivity index is 1.98. The van der Waals surface area contributed by atoms with Crippen LogP contribution in [0.4, 0.5) is 10.2 Å². The molecule has 8 nitrogen and oxygen atoms in total. The summed E-state index contributed by atoms with van der Waals surface area (Å²) in [5.41, 5.74) is 2.88. The third kappa shape index (κ3) is 6.67. The molecule has 186 valence electrons. The first-order valence-electron chi connectivity index (χ1n) is 11.1. The van der Waals surface area contributed by atoms with E-state index in [1.54, 1.807) is 49.6 Å². The third-order valence-corrected chi connectivity index (χ3v) is 5.49. The molecule has 1 unspecified atom stereocenters. The number of nitrogens with one attached hydrogen (secondary N) is 6. The van der Waals surface area contributed by atoms with Crippen LogP contribution in [-0.2, 0) is 4.79 Å². The van der Waals surface area contributed by atoms with E-state index in [9.17, 15) is 9.18 Å². The van der Waals surface area contributed by atoms with Crippen LogP contribution < -0.4 is 21.3 Å². The van der Waals surface area contributed by atoms with Gasteiger partial charge in [-0.05, 0) is 50.3 Å². The Kier molecular flexibility index (Phi) is 8.75. The summed E-state index contributed by atoms with van der Waals surface area (Å²) in [6.07, 6.45) is 7.62. The van der Waals surface area contributed by atoms with Crippen LogP contribution in [0.2, 0.25) is 5.02 Å². The second-order valence-electron chi connectivity index (χ2n) is 7.92. The zero-order chi connectivity index (χ0) is 26.2. The monoisotopic (exact) mass is 507 g/mol. The molecule has 0 bridgehead atoms. The van der Waals surface area contributed by atoms with E-state index in [1.807, 2.05) is 19.1 Å². The molecule has 6 N–H and O–H groups in total. The molecule has 3 rings (SSSR count). The van der Waals surface area contributed by atoms with Gasteiger partial charge in [-0.3, -0.25) is 10.2 Å². The van der Waals surface area contributed by atoms with Crippen LogP contribution in [0.1, 0.15) is 24.2 Å². The molecule has 0 saturated carbocycles. The number of dihydropyridines is 1. The summed E-state index contributed by atoms with van der Waals surface area (Å²) < 4.78 is 14.4. The van der Waals surface area contributed by atoms with Gasteiger partial charge in [0, 0.05) is 47.4 Å². The summed E-state index contributed by atoms with van der Waals surface area (Å²) >= 11 is 5.86. The number of halogens is 2. The minimum absolute atomic E-state index is 0.0175. The number of carbonyl (C=O) groups excluding carboxylic acids is 1. The highest BCUT2D eigenvalue weighted by atomic mass is 35.5. The van der Waals surface area contributed by atoms with Gasteiger partial charge in [-0.1, -0.05) is 23.7 Å². The minimum Gasteiger partial charge on any atom is -0.364 e. The first-order valence-corrected chi connectivity index (χ1v) is 11.4. The SMILES string of the molecule is CNC(=O)/C(C=N)=C1C=C(/C(=C/C(=N)NC(C)c2ccc(Cl)cc2F)Nc2cccc(C)n2)C=CN\1. The lowest BCUT2D eigenvalue weighted by Crippen LogP contribution is -2.27. The number of hydrogen-bond donors (Lipinski definition) is 6. The lowest BCUT2D eigenvalue weighted by molar-refractivity contribution is -0.116. The predicted octanol–water partition coefficient (Wildman–Crippen LogP) is 4.50. The van der Waals surface area contributed by atoms with Crippen molar-refractivity contribution in [3.63, 3.8) is 0 Å². The highest BCUT2D eigenvalue weighted by Gasteiger charge is 2.16. The highest BCUT2D eigenvalue weighted by molar-refractivity contribution is 6.30. The van der Waals surface area contributed by atoms with Gasteiger partial charge < -0.3 is 26.7 Å². The van der Waals surface area contributed by atoms with Crippen LogP contribution in [0.5, 0.6) is 0 Å². The van der Waals surface area contributed by atoms with Gasteiger partial charge in [0.15, 0.2) is 0 Å². The lowest BCUT2D eigenvalue weighted by Gasteiger charge is -2.19. The number of amides is 1. The number of aryl methyl sites for hydroxylation is 1. The summed E-state index contributed by atoms with van der Waals surface area (Å²) in [6.45, 7) is 3.61. The molecule has 10 heteroatoms. The van der Waals surface area contributed by atoms with Gasteiger partial charge in [-0.25, -0.2) is 9.37 Å². The fourth-order valence-corrected chi connectivity index (χ4v) is 3.64. The van der Waals surface area contributed by atoms with Crippen LogP contribution >= 0.6 is 11.6 Å². The van der Waals surface area contributed by atoms with Crippen molar-refractivity contribution in [2.45, 2.75) is 19.9 Å². The van der Waals surface area contributed by atoms with Gasteiger partial charge in [-0.2, -0.15) is 0 Å². The number of hydrogen-bond acceptors (Lipinski definition) is 6. The molecule has 0 spiro atoms. The Hall–Kier alpha value is -4.24. The number of anilines is 1. The van der Waals surface area contributed by atoms with Crippen LogP contribution in [0.25, 0.3) is 0 Å². The van der Waals surface area contributed by atoms with E-state index in [4.69, 9.17) is 22.4 Å². The van der Waals surface area contributed by atoms with Gasteiger partial charge in [0.25, 0.3) is 5.91 Å². The molecule has 2 heterocycles. The van der Waals surface area contributed by atoms with E-state index < -0.39 is 17.8 Å². The van der Waals surface area contributed by atoms with Crippen molar-refractivity contribution < 1.29 is 9.18 Å². The van der Waals surface area contributed by atoms with Crippen LogP contribution in [0.15, 0.2) is 83.4 Å². The van der Waals surface area contributed by atoms with Crippen LogP contribution in [0.3, 0.4) is 0 Å². The Morgan fingerprint density at radius 3 is 2.72 bits per heavy atom. The van der Waals surface area contributed by atoms with E-state index in [1.165, 1.54) is 13.1 Å². The number of carbonyl (C=O) groups is 1. The van der Waals surface area contributed by atoms with E-state index in [0.717, 1.165) is 11.9 Å². The minimum atomic E-state index is -0.505. The summed E-state index contributed by atoms with van der Waals surface area (Å²) in [4.78, 5) is 16.7. The zero-order valence-electron chi connectivity index (χ0n) is 20.0. The van der Waals surface area contributed by atoms with Gasteiger partial charge in [-0.15, -0.1) is 0 Å². The van der Waals surface area contributed by atoms with Crippen molar-refractivity contribution >= 4 is 35.4 Å². The molecular weight excluding hydrogens is 481 g/mol. The number of nitrogens with zero attached hydrogens (tertiary/aromatic N) is 1. The molecule has 0 radical (unpaired) electrons. The zero-order valence-corrected chi connectivity index (χ0v) is 20.8. The van der Waals surface area contributed by atoms with Gasteiger partial charge >= 0.3 is 0 Å². The van der Waals surface area contributed by atoms with Crippen molar-refractivity contribution in [2.24, 2.45) is 0 Å². The van der Waals surface area contributed by atoms with E-state index in [0.29, 0.717) is 33.4 Å². The molecule has 1 amide bonds. The first-order chi connectivity index (χ1) is 17.2. The number of allylic oxidation sites excluding steroid dienone is 2. The predicted molar refractivity (Wildman–Crippen MR) is 142 cm³/mol. The summed E-state index contributed by atoms with van der Waals surface area (Å²) in [5, 5.41) is 28.2. The maximum atomic E-state index is 14.4. The smallest absolute Gasteiger partial charge is 0.254 e. The Morgan fingerprint density at radius 1 is 1.28 bits per heavy atom. The highest BCUT2D eigenvalue weighted by Crippen LogP contribution is 2.23. The molecule has 0 saturated heterocycles. The summed E-state index contributed by atoms with van der Waals surface area (Å²) in [5.74, 6) is -0.300. The normalized spacial score (nSPS) is 15.2. The molecular formula is C26H27ClFN7O. The van der Waals surface area contributed by atoms with Crippen LogP contribution in [0, 0.1) is 23.6 Å². The average Bonchev–Trinajstić information content (AvgIpc) is 2.84. The largest absolute Gasteiger partial charge is 0.364 e. The number of likely N-dealkylation sites (N-methyl/N-ethyl adjacent to an activating group) is 1. The number of amidine groups is 1. The van der Waals surface area contributed by atoms with Crippen molar-refractivity contribution in [2.75, 3.05) is 12.4 Å². The molecule has 1 aromatic carbocycles. The second-order valence-corrected chi connectivity index (χ2v) is 8.36. The molecule has 36 heavy (non-hydrogen) atoms. The van der Waals surface area contributed by atoms with Crippen molar-refractivity contribution in [1.29, 1.82) is 10.8 Å². The van der Waals surface area contributed by atoms with Crippen molar-refractivity contribution in [1.82, 2.24) is 20.9 Å². The van der Waals surface area contributed by atoms with Crippen molar-refractivity contribution in [3.05, 3.63) is 105 Å². The molecule has 0 aliphatic carbocycles. The van der Waals surface area contributed by atoms with E-state index in [-0.39, 0.29) is 11.4 Å². The standard InChI is InChI=1S/C26H27ClFN7O/c1-15-5-4-6-25(33-15)35-22(17-9-10-32-23(11-17)20(14-29)26(36)31-3)13-24(30)34-16(2)19-8-7-18(27)12-21(19)28/h4-14,16,29,32H,1-3H3,(H2,30,34)(H,31,36)(H,33,35)/b22-13-,23-20+,29-14?. The third-order valence-electron chi connectivity index (χ3n) is 5.26. The molecule has 1 aromatic heterocycles. The second kappa shape index (κ2) is 11.9. The maximum absolute atomic E-state index is 14.4. The fraction of sp³-hybridized carbons (Fsp3) is 0.154. The maximum Gasteiger partial charge on any atom is 0.254 e. The van der Waals surface area contributed by atoms with Gasteiger partial charge in [0.05, 0.1) is 23.0 Å². The molecule has 1 aliphatic rings. The summed E-state index contributed by atoms with van der Waals surface area (Å²) in [7, 11) is 1.49. The number of pyridine rings is 1. The van der Waals surface area contributed by atoms with E-state index in [2.05, 4.69) is 26.3 Å². The Bertz CT molecular complexity index is 1310. The van der Waals surface area contributed by atoms with Gasteiger partial charge in [0.2, 0.25) is 0 Å². The topological polar surface area (TPSA) is 126 Å². The Morgan fingerprint density at radius 2 is 2.06 bits per heavy atom. The quantitative estimate of drug-likeness (QED) is 0.178. The lowest BCUT2D eigenvalue weighted by atomic mass is 10.0. The van der Waals surface area contributed by atoms with Crippen LogP contribution in [-0.4, -0.2) is 30.0 Å². The number of aromatic nitrogens is 1. The molecule has 0 fully saturated rings. The Labute approximate surface area is 214 Å². The average molecular weight is 508 g/mol. The molecule has 1 aliphatic heterocycles. The first kappa shape index (κ1) is 26.4.